The minimum absolute atomic E-state index is 0.204. The number of anilines is 2. The highest BCUT2D eigenvalue weighted by molar-refractivity contribution is 7.92. The molecule has 2 amide bonds. The zero-order chi connectivity index (χ0) is 24.7. The van der Waals surface area contributed by atoms with Crippen LogP contribution in [0.15, 0.2) is 84.0 Å². The molecule has 3 rings (SSSR count). The van der Waals surface area contributed by atoms with Crippen molar-refractivity contribution in [3.63, 3.8) is 0 Å². The quantitative estimate of drug-likeness (QED) is 0.362. The van der Waals surface area contributed by atoms with Crippen LogP contribution in [0.25, 0.3) is 0 Å². The van der Waals surface area contributed by atoms with E-state index in [2.05, 4.69) is 15.8 Å². The van der Waals surface area contributed by atoms with Gasteiger partial charge in [0.1, 0.15) is 6.54 Å². The van der Waals surface area contributed by atoms with Gasteiger partial charge in [0.15, 0.2) is 0 Å². The molecule has 0 aliphatic carbocycles. The van der Waals surface area contributed by atoms with Crippen molar-refractivity contribution in [1.82, 2.24) is 5.43 Å². The molecule has 0 fully saturated rings. The first-order valence-electron chi connectivity index (χ1n) is 10.2. The van der Waals surface area contributed by atoms with Crippen molar-refractivity contribution in [2.75, 3.05) is 22.4 Å². The summed E-state index contributed by atoms with van der Waals surface area (Å²) >= 11 is 6.10. The summed E-state index contributed by atoms with van der Waals surface area (Å²) in [7, 11) is -3.76. The number of sulfonamides is 1. The molecule has 8 nitrogen and oxygen atoms in total. The number of hydrogen-bond acceptors (Lipinski definition) is 5. The van der Waals surface area contributed by atoms with Gasteiger partial charge in [-0.3, -0.25) is 13.9 Å². The Morgan fingerprint density at radius 3 is 2.15 bits per heavy atom. The molecule has 0 unspecified atom stereocenters. The van der Waals surface area contributed by atoms with Crippen molar-refractivity contribution in [3.8, 4) is 0 Å². The lowest BCUT2D eigenvalue weighted by atomic mass is 10.1. The molecule has 176 valence electrons. The van der Waals surface area contributed by atoms with Crippen LogP contribution in [0.1, 0.15) is 22.8 Å². The smallest absolute Gasteiger partial charge is 0.260 e. The third kappa shape index (κ3) is 6.66. The second-order valence-corrected chi connectivity index (χ2v) is 9.66. The molecule has 3 aromatic rings. The second kappa shape index (κ2) is 11.0. The predicted molar refractivity (Wildman–Crippen MR) is 135 cm³/mol. The lowest BCUT2D eigenvalue weighted by molar-refractivity contribution is -0.119. The van der Waals surface area contributed by atoms with Crippen LogP contribution in [0.2, 0.25) is 5.02 Å². The SMILES string of the molecule is C/C(=N/NC(=O)CN(c1ccccc1Cl)S(C)(=O)=O)c1ccc(NC(=O)c2ccccc2)cc1. The van der Waals surface area contributed by atoms with E-state index in [1.807, 2.05) is 6.07 Å². The molecule has 0 saturated carbocycles. The van der Waals surface area contributed by atoms with Crippen LogP contribution in [-0.2, 0) is 14.8 Å². The molecule has 0 aliphatic heterocycles. The maximum absolute atomic E-state index is 12.4. The van der Waals surface area contributed by atoms with Crippen LogP contribution < -0.4 is 15.0 Å². The third-order valence-electron chi connectivity index (χ3n) is 4.75. The Hall–Kier alpha value is -3.69. The van der Waals surface area contributed by atoms with Gasteiger partial charge in [0.05, 0.1) is 22.7 Å². The fourth-order valence-electron chi connectivity index (χ4n) is 3.00. The molecule has 0 heterocycles. The van der Waals surface area contributed by atoms with E-state index in [4.69, 9.17) is 11.6 Å². The van der Waals surface area contributed by atoms with E-state index in [1.165, 1.54) is 6.07 Å². The number of hydrazone groups is 1. The van der Waals surface area contributed by atoms with E-state index in [0.29, 0.717) is 22.5 Å². The molecule has 3 aromatic carbocycles. The average molecular weight is 499 g/mol. The third-order valence-corrected chi connectivity index (χ3v) is 6.20. The molecule has 10 heteroatoms. The van der Waals surface area contributed by atoms with Gasteiger partial charge in [-0.15, -0.1) is 0 Å². The lowest BCUT2D eigenvalue weighted by Crippen LogP contribution is -2.39. The normalized spacial score (nSPS) is 11.6. The number of carbonyl (C=O) groups excluding carboxylic acids is 2. The number of nitrogens with zero attached hydrogens (tertiary/aromatic N) is 2. The Labute approximate surface area is 203 Å². The fraction of sp³-hybridized carbons (Fsp3) is 0.125. The largest absolute Gasteiger partial charge is 0.322 e. The van der Waals surface area contributed by atoms with Gasteiger partial charge in [-0.05, 0) is 48.9 Å². The summed E-state index contributed by atoms with van der Waals surface area (Å²) in [5.41, 5.74) is 4.94. The molecule has 0 saturated heterocycles. The van der Waals surface area contributed by atoms with Crippen LogP contribution in [0.3, 0.4) is 0 Å². The van der Waals surface area contributed by atoms with Crippen LogP contribution in [-0.4, -0.2) is 38.7 Å². The molecule has 0 aromatic heterocycles. The van der Waals surface area contributed by atoms with Gasteiger partial charge in [0, 0.05) is 11.3 Å². The molecular formula is C24H23ClN4O4S. The second-order valence-electron chi connectivity index (χ2n) is 7.35. The van der Waals surface area contributed by atoms with E-state index < -0.39 is 22.5 Å². The first kappa shape index (κ1) is 24.9. The van der Waals surface area contributed by atoms with Crippen LogP contribution in [0, 0.1) is 0 Å². The van der Waals surface area contributed by atoms with Crippen LogP contribution >= 0.6 is 11.6 Å². The summed E-state index contributed by atoms with van der Waals surface area (Å²) in [4.78, 5) is 24.7. The zero-order valence-corrected chi connectivity index (χ0v) is 20.1. The van der Waals surface area contributed by atoms with Gasteiger partial charge in [0.2, 0.25) is 10.0 Å². The van der Waals surface area contributed by atoms with Crippen molar-refractivity contribution in [1.29, 1.82) is 0 Å². The summed E-state index contributed by atoms with van der Waals surface area (Å²) in [6, 6.07) is 22.2. The average Bonchev–Trinajstić information content (AvgIpc) is 2.82. The number of halogens is 1. The van der Waals surface area contributed by atoms with Gasteiger partial charge in [-0.25, -0.2) is 13.8 Å². The van der Waals surface area contributed by atoms with Gasteiger partial charge in [0.25, 0.3) is 11.8 Å². The van der Waals surface area contributed by atoms with Gasteiger partial charge < -0.3 is 5.32 Å². The predicted octanol–water partition coefficient (Wildman–Crippen LogP) is 3.90. The Kier molecular flexibility index (Phi) is 8.04. The first-order valence-corrected chi connectivity index (χ1v) is 12.4. The monoisotopic (exact) mass is 498 g/mol. The van der Waals surface area contributed by atoms with Crippen LogP contribution in [0.5, 0.6) is 0 Å². The van der Waals surface area contributed by atoms with Crippen LogP contribution in [0.4, 0.5) is 11.4 Å². The van der Waals surface area contributed by atoms with E-state index in [9.17, 15) is 18.0 Å². The molecule has 2 N–H and O–H groups in total. The van der Waals surface area contributed by atoms with Crippen molar-refractivity contribution >= 4 is 50.5 Å². The summed E-state index contributed by atoms with van der Waals surface area (Å²) in [6.07, 6.45) is 0.996. The highest BCUT2D eigenvalue weighted by Crippen LogP contribution is 2.26. The van der Waals surface area contributed by atoms with E-state index >= 15 is 0 Å². The number of para-hydroxylation sites is 1. The Balaban J connectivity index is 1.64. The highest BCUT2D eigenvalue weighted by Gasteiger charge is 2.22. The van der Waals surface area contributed by atoms with E-state index in [-0.39, 0.29) is 16.6 Å². The minimum atomic E-state index is -3.76. The maximum Gasteiger partial charge on any atom is 0.260 e. The molecule has 0 atom stereocenters. The molecule has 34 heavy (non-hydrogen) atoms. The van der Waals surface area contributed by atoms with Crippen molar-refractivity contribution in [2.45, 2.75) is 6.92 Å². The number of hydrogen-bond donors (Lipinski definition) is 2. The molecule has 0 spiro atoms. The molecule has 0 aliphatic rings. The van der Waals surface area contributed by atoms with Gasteiger partial charge in [-0.1, -0.05) is 54.1 Å². The number of amides is 2. The Morgan fingerprint density at radius 1 is 0.912 bits per heavy atom. The Morgan fingerprint density at radius 2 is 1.53 bits per heavy atom. The molecule has 0 radical (unpaired) electrons. The molecule has 0 bridgehead atoms. The lowest BCUT2D eigenvalue weighted by Gasteiger charge is -2.22. The highest BCUT2D eigenvalue weighted by atomic mass is 35.5. The Bertz CT molecular complexity index is 1310. The first-order chi connectivity index (χ1) is 16.1. The summed E-state index contributed by atoms with van der Waals surface area (Å²) in [5, 5.41) is 7.08. The number of rotatable bonds is 8. The van der Waals surface area contributed by atoms with E-state index in [1.54, 1.807) is 73.7 Å². The van der Waals surface area contributed by atoms with Gasteiger partial charge >= 0.3 is 0 Å². The summed E-state index contributed by atoms with van der Waals surface area (Å²) in [6.45, 7) is 1.21. The van der Waals surface area contributed by atoms with Crippen molar-refractivity contribution in [2.24, 2.45) is 5.10 Å². The van der Waals surface area contributed by atoms with Crippen molar-refractivity contribution < 1.29 is 18.0 Å². The molecular weight excluding hydrogens is 476 g/mol. The summed E-state index contributed by atoms with van der Waals surface area (Å²) < 4.78 is 25.3. The number of benzene rings is 3. The fourth-order valence-corrected chi connectivity index (χ4v) is 4.16. The van der Waals surface area contributed by atoms with Crippen molar-refractivity contribution in [3.05, 3.63) is 95.0 Å². The maximum atomic E-state index is 12.4. The minimum Gasteiger partial charge on any atom is -0.322 e. The zero-order valence-electron chi connectivity index (χ0n) is 18.5. The van der Waals surface area contributed by atoms with E-state index in [0.717, 1.165) is 10.6 Å². The summed E-state index contributed by atoms with van der Waals surface area (Å²) in [5.74, 6) is -0.851. The van der Waals surface area contributed by atoms with Gasteiger partial charge in [-0.2, -0.15) is 5.10 Å². The topological polar surface area (TPSA) is 108 Å². The number of carbonyl (C=O) groups is 2. The standard InChI is InChI=1S/C24H23ClN4O4S/c1-17(18-12-14-20(15-13-18)26-24(31)19-8-4-3-5-9-19)27-28-23(30)16-29(34(2,32)33)22-11-7-6-10-21(22)25/h3-15H,16H2,1-2H3,(H,26,31)(H,28,30)/b27-17-. The number of nitrogens with one attached hydrogen (secondary N) is 2.